The van der Waals surface area contributed by atoms with E-state index in [2.05, 4.69) is 10.3 Å². The van der Waals surface area contributed by atoms with E-state index in [-0.39, 0.29) is 10.6 Å². The molecule has 0 fully saturated rings. The first-order valence-corrected chi connectivity index (χ1v) is 8.99. The average molecular weight is 357 g/mol. The van der Waals surface area contributed by atoms with E-state index in [1.165, 1.54) is 6.07 Å². The molecule has 0 radical (unpaired) electrons. The van der Waals surface area contributed by atoms with Gasteiger partial charge in [-0.2, -0.15) is 0 Å². The molecule has 7 heteroatoms. The fourth-order valence-corrected chi connectivity index (χ4v) is 3.68. The highest BCUT2D eigenvalue weighted by Crippen LogP contribution is 2.32. The average Bonchev–Trinajstić information content (AvgIpc) is 2.67. The maximum atomic E-state index is 11.0. The molecule has 0 amide bonds. The molecular formula is C18H19N3O3S. The third-order valence-electron chi connectivity index (χ3n) is 3.90. The van der Waals surface area contributed by atoms with Crippen LogP contribution in [-0.2, 0) is 5.75 Å². The van der Waals surface area contributed by atoms with Crippen LogP contribution < -0.4 is 10.1 Å². The first-order valence-electron chi connectivity index (χ1n) is 8.01. The minimum atomic E-state index is -0.387. The number of aliphatic imine (C=N–C) groups is 1. The summed E-state index contributed by atoms with van der Waals surface area (Å²) in [7, 11) is 1.57. The molecule has 0 aromatic heterocycles. The van der Waals surface area contributed by atoms with Gasteiger partial charge in [-0.3, -0.25) is 15.1 Å². The van der Waals surface area contributed by atoms with Crippen molar-refractivity contribution in [3.63, 3.8) is 0 Å². The summed E-state index contributed by atoms with van der Waals surface area (Å²) in [6.45, 7) is 1.76. The lowest BCUT2D eigenvalue weighted by Gasteiger charge is -2.17. The zero-order valence-corrected chi connectivity index (χ0v) is 14.7. The first-order chi connectivity index (χ1) is 12.2. The van der Waals surface area contributed by atoms with Gasteiger partial charge in [0.1, 0.15) is 11.6 Å². The molecule has 2 aromatic carbocycles. The molecule has 6 nitrogen and oxygen atoms in total. The number of nitrogens with one attached hydrogen (secondary N) is 1. The lowest BCUT2D eigenvalue weighted by molar-refractivity contribution is -0.384. The van der Waals surface area contributed by atoms with Crippen molar-refractivity contribution in [3.05, 3.63) is 63.7 Å². The molecule has 3 rings (SSSR count). The molecule has 0 saturated heterocycles. The van der Waals surface area contributed by atoms with Gasteiger partial charge in [0, 0.05) is 47.0 Å². The number of rotatable bonds is 6. The highest BCUT2D eigenvalue weighted by atomic mass is 32.2. The van der Waals surface area contributed by atoms with Crippen LogP contribution in [0.4, 0.5) is 5.69 Å². The third-order valence-corrected chi connectivity index (χ3v) is 5.02. The van der Waals surface area contributed by atoms with E-state index < -0.39 is 0 Å². The first kappa shape index (κ1) is 17.3. The molecule has 0 bridgehead atoms. The van der Waals surface area contributed by atoms with Gasteiger partial charge in [-0.1, -0.05) is 18.2 Å². The zero-order chi connectivity index (χ0) is 17.6. The summed E-state index contributed by atoms with van der Waals surface area (Å²) in [5.41, 5.74) is 1.94. The summed E-state index contributed by atoms with van der Waals surface area (Å²) in [4.78, 5) is 16.3. The van der Waals surface area contributed by atoms with Crippen LogP contribution in [0, 0.1) is 10.1 Å². The molecule has 25 heavy (non-hydrogen) atoms. The standard InChI is InChI=1S/C18H19N3O3S/c1-24-16-8-7-14(21(22)23)11-13(16)12-25-17-6-3-2-5-15(17)18-19-9-4-10-20-18/h2-3,5-8,11H,4,9-10,12H2,1H3,(H,19,20). The molecular weight excluding hydrogens is 338 g/mol. The number of nitro groups is 1. The Hall–Kier alpha value is -2.54. The number of hydrogen-bond donors (Lipinski definition) is 1. The van der Waals surface area contributed by atoms with Gasteiger partial charge in [0.15, 0.2) is 0 Å². The van der Waals surface area contributed by atoms with E-state index >= 15 is 0 Å². The molecule has 1 aliphatic rings. The van der Waals surface area contributed by atoms with Gasteiger partial charge >= 0.3 is 0 Å². The fourth-order valence-electron chi connectivity index (χ4n) is 2.65. The minimum Gasteiger partial charge on any atom is -0.496 e. The third kappa shape index (κ3) is 4.11. The summed E-state index contributed by atoms with van der Waals surface area (Å²) in [5, 5.41) is 14.4. The van der Waals surface area contributed by atoms with E-state index in [4.69, 9.17) is 4.74 Å². The van der Waals surface area contributed by atoms with Gasteiger partial charge in [0.2, 0.25) is 0 Å². The van der Waals surface area contributed by atoms with Crippen molar-refractivity contribution in [1.82, 2.24) is 5.32 Å². The maximum absolute atomic E-state index is 11.0. The number of amidine groups is 1. The van der Waals surface area contributed by atoms with Crippen molar-refractivity contribution in [2.45, 2.75) is 17.1 Å². The molecule has 2 aromatic rings. The number of nitro benzene ring substituents is 1. The van der Waals surface area contributed by atoms with Gasteiger partial charge < -0.3 is 10.1 Å². The Morgan fingerprint density at radius 2 is 2.16 bits per heavy atom. The van der Waals surface area contributed by atoms with E-state index in [9.17, 15) is 10.1 Å². The van der Waals surface area contributed by atoms with E-state index in [0.29, 0.717) is 11.5 Å². The summed E-state index contributed by atoms with van der Waals surface area (Å²) in [6, 6.07) is 12.7. The Morgan fingerprint density at radius 3 is 2.88 bits per heavy atom. The van der Waals surface area contributed by atoms with Crippen LogP contribution in [0.25, 0.3) is 0 Å². The monoisotopic (exact) mass is 357 g/mol. The highest BCUT2D eigenvalue weighted by molar-refractivity contribution is 7.98. The molecule has 0 atom stereocenters. The summed E-state index contributed by atoms with van der Waals surface area (Å²) in [5.74, 6) is 2.15. The topological polar surface area (TPSA) is 76.8 Å². The molecule has 0 saturated carbocycles. The van der Waals surface area contributed by atoms with Crippen molar-refractivity contribution < 1.29 is 9.66 Å². The van der Waals surface area contributed by atoms with Crippen LogP contribution in [0.3, 0.4) is 0 Å². The van der Waals surface area contributed by atoms with Crippen molar-refractivity contribution in [3.8, 4) is 5.75 Å². The van der Waals surface area contributed by atoms with Crippen LogP contribution in [0.15, 0.2) is 52.4 Å². The molecule has 0 unspecified atom stereocenters. The Labute approximate surface area is 150 Å². The zero-order valence-electron chi connectivity index (χ0n) is 13.9. The second-order valence-corrected chi connectivity index (χ2v) is 6.57. The quantitative estimate of drug-likeness (QED) is 0.485. The minimum absolute atomic E-state index is 0.0722. The number of benzene rings is 2. The van der Waals surface area contributed by atoms with Gasteiger partial charge in [0.25, 0.3) is 5.69 Å². The van der Waals surface area contributed by atoms with Gasteiger partial charge in [0.05, 0.1) is 12.0 Å². The largest absolute Gasteiger partial charge is 0.496 e. The Balaban J connectivity index is 1.84. The predicted molar refractivity (Wildman–Crippen MR) is 99.7 cm³/mol. The second kappa shape index (κ2) is 8.02. The van der Waals surface area contributed by atoms with Crippen LogP contribution in [-0.4, -0.2) is 31.0 Å². The Morgan fingerprint density at radius 1 is 1.32 bits per heavy atom. The van der Waals surface area contributed by atoms with E-state index in [1.807, 2.05) is 24.3 Å². The van der Waals surface area contributed by atoms with E-state index in [1.54, 1.807) is 31.0 Å². The molecule has 1 heterocycles. The summed E-state index contributed by atoms with van der Waals surface area (Å²) in [6.07, 6.45) is 1.05. The number of nitrogens with zero attached hydrogens (tertiary/aromatic N) is 2. The van der Waals surface area contributed by atoms with E-state index in [0.717, 1.165) is 41.4 Å². The maximum Gasteiger partial charge on any atom is 0.270 e. The molecule has 1 N–H and O–H groups in total. The van der Waals surface area contributed by atoms with Crippen LogP contribution in [0.1, 0.15) is 17.5 Å². The summed E-state index contributed by atoms with van der Waals surface area (Å²) < 4.78 is 5.34. The predicted octanol–water partition coefficient (Wildman–Crippen LogP) is 3.64. The molecule has 0 spiro atoms. The number of thioether (sulfide) groups is 1. The fraction of sp³-hybridized carbons (Fsp3) is 0.278. The van der Waals surface area contributed by atoms with Crippen molar-refractivity contribution >= 4 is 23.3 Å². The number of hydrogen-bond acceptors (Lipinski definition) is 6. The summed E-state index contributed by atoms with van der Waals surface area (Å²) >= 11 is 1.62. The van der Waals surface area contributed by atoms with Crippen molar-refractivity contribution in [2.75, 3.05) is 20.2 Å². The Bertz CT molecular complexity index is 808. The van der Waals surface area contributed by atoms with Crippen LogP contribution in [0.5, 0.6) is 5.75 Å². The lowest BCUT2D eigenvalue weighted by Crippen LogP contribution is -2.30. The second-order valence-electron chi connectivity index (χ2n) is 5.55. The lowest BCUT2D eigenvalue weighted by atomic mass is 10.2. The highest BCUT2D eigenvalue weighted by Gasteiger charge is 2.15. The molecule has 130 valence electrons. The molecule has 1 aliphatic heterocycles. The van der Waals surface area contributed by atoms with Crippen LogP contribution >= 0.6 is 11.8 Å². The smallest absolute Gasteiger partial charge is 0.270 e. The van der Waals surface area contributed by atoms with Crippen LogP contribution in [0.2, 0.25) is 0 Å². The van der Waals surface area contributed by atoms with Gasteiger partial charge in [-0.05, 0) is 18.6 Å². The molecule has 0 aliphatic carbocycles. The number of non-ortho nitro benzene ring substituents is 1. The SMILES string of the molecule is COc1ccc([N+](=O)[O-])cc1CSc1ccccc1C1=NCCCN1. The number of ether oxygens (including phenoxy) is 1. The van der Waals surface area contributed by atoms with Gasteiger partial charge in [-0.25, -0.2) is 0 Å². The Kier molecular flexibility index (Phi) is 5.55. The number of methoxy groups -OCH3 is 1. The normalized spacial score (nSPS) is 13.7. The van der Waals surface area contributed by atoms with Crippen molar-refractivity contribution in [2.24, 2.45) is 4.99 Å². The van der Waals surface area contributed by atoms with Crippen molar-refractivity contribution in [1.29, 1.82) is 0 Å². The van der Waals surface area contributed by atoms with Gasteiger partial charge in [-0.15, -0.1) is 11.8 Å².